The molecule has 1 aromatic carbocycles. The first-order valence-corrected chi connectivity index (χ1v) is 7.14. The van der Waals surface area contributed by atoms with Crippen molar-refractivity contribution in [3.05, 3.63) is 57.5 Å². The maximum atomic E-state index is 12.5. The minimum absolute atomic E-state index is 0.0708. The van der Waals surface area contributed by atoms with E-state index in [0.29, 0.717) is 10.4 Å². The number of halogens is 1. The fourth-order valence-electron chi connectivity index (χ4n) is 2.40. The topological polar surface area (TPSA) is 39.4 Å². The number of ketones is 1. The number of hydrogen-bond acceptors (Lipinski definition) is 3. The Hall–Kier alpha value is -1.81. The second-order valence-electron chi connectivity index (χ2n) is 4.66. The highest BCUT2D eigenvalue weighted by atomic mass is 79.9. The zero-order chi connectivity index (χ0) is 14.1. The molecule has 2 aromatic rings. The van der Waals surface area contributed by atoms with Gasteiger partial charge in [0, 0.05) is 11.1 Å². The highest BCUT2D eigenvalue weighted by Crippen LogP contribution is 2.29. The van der Waals surface area contributed by atoms with E-state index in [-0.39, 0.29) is 5.78 Å². The molecule has 0 saturated carbocycles. The van der Waals surface area contributed by atoms with Crippen LogP contribution in [-0.4, -0.2) is 12.9 Å². The van der Waals surface area contributed by atoms with Gasteiger partial charge in [-0.2, -0.15) is 0 Å². The quantitative estimate of drug-likeness (QED) is 0.771. The number of furan rings is 1. The van der Waals surface area contributed by atoms with Gasteiger partial charge in [-0.15, -0.1) is 0 Å². The molecule has 3 rings (SSSR count). The predicted molar refractivity (Wildman–Crippen MR) is 80.0 cm³/mol. The lowest BCUT2D eigenvalue weighted by molar-refractivity contribution is 0.102. The van der Waals surface area contributed by atoms with Gasteiger partial charge >= 0.3 is 0 Å². The Morgan fingerprint density at radius 3 is 2.80 bits per heavy atom. The lowest BCUT2D eigenvalue weighted by Gasteiger charge is -2.17. The maximum absolute atomic E-state index is 12.5. The summed E-state index contributed by atoms with van der Waals surface area (Å²) < 4.78 is 11.3. The summed E-state index contributed by atoms with van der Waals surface area (Å²) in [5, 5.41) is 0. The van der Waals surface area contributed by atoms with Crippen LogP contribution in [0.5, 0.6) is 5.75 Å². The van der Waals surface area contributed by atoms with E-state index < -0.39 is 0 Å². The molecule has 0 amide bonds. The monoisotopic (exact) mass is 332 g/mol. The highest BCUT2D eigenvalue weighted by Gasteiger charge is 2.22. The molecular weight excluding hydrogens is 320 g/mol. The summed E-state index contributed by atoms with van der Waals surface area (Å²) in [6.45, 7) is 0. The molecule has 1 aliphatic rings. The normalized spacial score (nSPS) is 16.3. The van der Waals surface area contributed by atoms with Crippen LogP contribution >= 0.6 is 15.9 Å². The Labute approximate surface area is 125 Å². The molecule has 102 valence electrons. The van der Waals surface area contributed by atoms with Gasteiger partial charge in [0.05, 0.1) is 7.11 Å². The third kappa shape index (κ3) is 2.43. The average molecular weight is 333 g/mol. The maximum Gasteiger partial charge on any atom is 0.189 e. The first kappa shape index (κ1) is 13.2. The van der Waals surface area contributed by atoms with Crippen LogP contribution in [0, 0.1) is 0 Å². The second kappa shape index (κ2) is 5.29. The van der Waals surface area contributed by atoms with Crippen molar-refractivity contribution in [2.45, 2.75) is 12.8 Å². The van der Waals surface area contributed by atoms with Gasteiger partial charge in [-0.25, -0.2) is 0 Å². The Morgan fingerprint density at radius 1 is 1.25 bits per heavy atom. The number of ether oxygens (including phenoxy) is 1. The number of methoxy groups -OCH3 is 1. The Morgan fingerprint density at radius 2 is 2.10 bits per heavy atom. The van der Waals surface area contributed by atoms with Crippen LogP contribution in [-0.2, 0) is 6.42 Å². The second-order valence-corrected chi connectivity index (χ2v) is 5.45. The van der Waals surface area contributed by atoms with Crippen LogP contribution in [0.4, 0.5) is 0 Å². The van der Waals surface area contributed by atoms with E-state index in [1.807, 2.05) is 36.4 Å². The zero-order valence-corrected chi connectivity index (χ0v) is 12.6. The predicted octanol–water partition coefficient (Wildman–Crippen LogP) is 4.26. The fourth-order valence-corrected chi connectivity index (χ4v) is 2.72. The van der Waals surface area contributed by atoms with Gasteiger partial charge < -0.3 is 9.15 Å². The van der Waals surface area contributed by atoms with E-state index in [1.165, 1.54) is 0 Å². The lowest BCUT2D eigenvalue weighted by Crippen LogP contribution is -2.14. The van der Waals surface area contributed by atoms with E-state index in [0.717, 1.165) is 35.3 Å². The number of carbonyl (C=O) groups is 1. The molecule has 1 aromatic heterocycles. The van der Waals surface area contributed by atoms with Crippen LogP contribution in [0.25, 0.3) is 6.08 Å². The number of carbonyl (C=O) groups excluding carboxylic acids is 1. The molecule has 0 N–H and O–H groups in total. The molecule has 1 heterocycles. The lowest BCUT2D eigenvalue weighted by atomic mass is 9.86. The molecule has 20 heavy (non-hydrogen) atoms. The van der Waals surface area contributed by atoms with Gasteiger partial charge in [-0.1, -0.05) is 0 Å². The molecule has 0 unspecified atom stereocenters. The van der Waals surface area contributed by atoms with Crippen molar-refractivity contribution in [1.29, 1.82) is 0 Å². The van der Waals surface area contributed by atoms with Gasteiger partial charge in [-0.3, -0.25) is 4.79 Å². The van der Waals surface area contributed by atoms with Crippen LogP contribution in [0.2, 0.25) is 0 Å². The summed E-state index contributed by atoms with van der Waals surface area (Å²) in [7, 11) is 1.63. The van der Waals surface area contributed by atoms with Gasteiger partial charge in [-0.05, 0) is 70.7 Å². The van der Waals surface area contributed by atoms with Gasteiger partial charge in [0.25, 0.3) is 0 Å². The molecule has 0 radical (unpaired) electrons. The summed E-state index contributed by atoms with van der Waals surface area (Å²) in [4.78, 5) is 12.5. The molecular formula is C16H13BrO3. The van der Waals surface area contributed by atoms with E-state index in [1.54, 1.807) is 7.11 Å². The van der Waals surface area contributed by atoms with Crippen molar-refractivity contribution in [2.75, 3.05) is 7.11 Å². The third-order valence-corrected chi connectivity index (χ3v) is 3.85. The third-order valence-electron chi connectivity index (χ3n) is 3.42. The highest BCUT2D eigenvalue weighted by molar-refractivity contribution is 9.10. The van der Waals surface area contributed by atoms with Crippen molar-refractivity contribution in [3.8, 4) is 5.75 Å². The van der Waals surface area contributed by atoms with E-state index in [4.69, 9.17) is 9.15 Å². The molecule has 0 aliphatic heterocycles. The SMILES string of the molecule is COc1ccc2c(c1)CCC(=Cc1ccc(Br)o1)C2=O. The van der Waals surface area contributed by atoms with Gasteiger partial charge in [0.1, 0.15) is 11.5 Å². The number of benzene rings is 1. The number of allylic oxidation sites excluding steroid dienone is 1. The average Bonchev–Trinajstić information content (AvgIpc) is 2.87. The number of fused-ring (bicyclic) bond motifs is 1. The Balaban J connectivity index is 1.95. The van der Waals surface area contributed by atoms with E-state index >= 15 is 0 Å². The minimum Gasteiger partial charge on any atom is -0.497 e. The van der Waals surface area contributed by atoms with Crippen molar-refractivity contribution < 1.29 is 13.9 Å². The Kier molecular flexibility index (Phi) is 3.49. The largest absolute Gasteiger partial charge is 0.497 e. The molecule has 3 nitrogen and oxygen atoms in total. The van der Waals surface area contributed by atoms with Crippen LogP contribution in [0.15, 0.2) is 45.0 Å². The molecule has 0 bridgehead atoms. The number of rotatable bonds is 2. The molecule has 1 aliphatic carbocycles. The zero-order valence-electron chi connectivity index (χ0n) is 11.0. The van der Waals surface area contributed by atoms with Gasteiger partial charge in [0.15, 0.2) is 10.5 Å². The van der Waals surface area contributed by atoms with Crippen molar-refractivity contribution in [1.82, 2.24) is 0 Å². The van der Waals surface area contributed by atoms with Crippen LogP contribution in [0.1, 0.15) is 28.1 Å². The van der Waals surface area contributed by atoms with Crippen LogP contribution < -0.4 is 4.74 Å². The van der Waals surface area contributed by atoms with Gasteiger partial charge in [0.2, 0.25) is 0 Å². The summed E-state index contributed by atoms with van der Waals surface area (Å²) in [5.41, 5.74) is 2.59. The summed E-state index contributed by atoms with van der Waals surface area (Å²) >= 11 is 3.26. The number of Topliss-reactive ketones (excluding diaryl/α,β-unsaturated/α-hetero) is 1. The Bertz CT molecular complexity index is 697. The first-order chi connectivity index (χ1) is 9.67. The molecule has 4 heteroatoms. The van der Waals surface area contributed by atoms with Crippen molar-refractivity contribution in [2.24, 2.45) is 0 Å². The summed E-state index contributed by atoms with van der Waals surface area (Å²) in [5.74, 6) is 1.55. The van der Waals surface area contributed by atoms with E-state index in [9.17, 15) is 4.79 Å². The van der Waals surface area contributed by atoms with E-state index in [2.05, 4.69) is 15.9 Å². The molecule has 0 saturated heterocycles. The standard InChI is InChI=1S/C16H13BrO3/c1-19-12-4-6-14-10(8-12)2-3-11(16(14)18)9-13-5-7-15(17)20-13/h4-9H,2-3H2,1H3. The smallest absolute Gasteiger partial charge is 0.189 e. The minimum atomic E-state index is 0.0708. The molecule has 0 spiro atoms. The molecule has 0 atom stereocenters. The summed E-state index contributed by atoms with van der Waals surface area (Å²) in [6, 6.07) is 9.25. The number of hydrogen-bond donors (Lipinski definition) is 0. The first-order valence-electron chi connectivity index (χ1n) is 6.35. The summed E-state index contributed by atoms with van der Waals surface area (Å²) in [6.07, 6.45) is 3.38. The molecule has 0 fully saturated rings. The van der Waals surface area contributed by atoms with Crippen molar-refractivity contribution >= 4 is 27.8 Å². The number of aryl methyl sites for hydroxylation is 1. The van der Waals surface area contributed by atoms with Crippen LogP contribution in [0.3, 0.4) is 0 Å². The van der Waals surface area contributed by atoms with Crippen molar-refractivity contribution in [3.63, 3.8) is 0 Å². The fraction of sp³-hybridized carbons (Fsp3) is 0.188.